The molecule has 2 aromatic rings. The Kier molecular flexibility index (Phi) is 3.93. The van der Waals surface area contributed by atoms with Crippen molar-refractivity contribution >= 4 is 15.9 Å². The van der Waals surface area contributed by atoms with Gasteiger partial charge in [-0.2, -0.15) is 0 Å². The van der Waals surface area contributed by atoms with Gasteiger partial charge >= 0.3 is 0 Å². The first-order valence-electron chi connectivity index (χ1n) is 5.29. The van der Waals surface area contributed by atoms with E-state index in [1.54, 1.807) is 19.1 Å². The third kappa shape index (κ3) is 2.86. The summed E-state index contributed by atoms with van der Waals surface area (Å²) in [7, 11) is 0. The van der Waals surface area contributed by atoms with Crippen LogP contribution in [0, 0.1) is 12.7 Å². The van der Waals surface area contributed by atoms with Crippen LogP contribution >= 0.6 is 15.9 Å². The van der Waals surface area contributed by atoms with Gasteiger partial charge in [0, 0.05) is 16.2 Å². The predicted molar refractivity (Wildman–Crippen MR) is 69.1 cm³/mol. The van der Waals surface area contributed by atoms with E-state index in [2.05, 4.69) is 20.9 Å². The average Bonchev–Trinajstić information content (AvgIpc) is 2.34. The lowest BCUT2D eigenvalue weighted by Crippen LogP contribution is -1.95. The summed E-state index contributed by atoms with van der Waals surface area (Å²) in [4.78, 5) is 4.05. The third-order valence-corrected chi connectivity index (χ3v) is 2.86. The summed E-state index contributed by atoms with van der Waals surface area (Å²) in [6.45, 7) is 1.71. The smallest absolute Gasteiger partial charge is 0.222 e. The third-order valence-electron chi connectivity index (χ3n) is 2.37. The average molecular weight is 312 g/mol. The van der Waals surface area contributed by atoms with E-state index < -0.39 is 5.82 Å². The van der Waals surface area contributed by atoms with Crippen LogP contribution in [0.2, 0.25) is 0 Å². The number of aromatic nitrogens is 1. The van der Waals surface area contributed by atoms with Crippen molar-refractivity contribution in [3.8, 4) is 11.6 Å². The Balaban J connectivity index is 2.28. The Hall–Kier alpha value is -1.46. The molecule has 94 valence electrons. The van der Waals surface area contributed by atoms with Crippen LogP contribution in [0.5, 0.6) is 11.6 Å². The maximum atomic E-state index is 13.6. The van der Waals surface area contributed by atoms with Crippen LogP contribution < -0.4 is 4.74 Å². The Labute approximate surface area is 112 Å². The number of rotatable bonds is 3. The molecule has 0 aliphatic carbocycles. The molecule has 0 radical (unpaired) electrons. The SMILES string of the molecule is Cc1cc(CO)cnc1Oc1ccc(Br)cc1F. The highest BCUT2D eigenvalue weighted by Crippen LogP contribution is 2.27. The number of ether oxygens (including phenoxy) is 1. The molecule has 1 heterocycles. The summed E-state index contributed by atoms with van der Waals surface area (Å²) in [6, 6.07) is 6.29. The van der Waals surface area contributed by atoms with Gasteiger partial charge in [0.2, 0.25) is 5.88 Å². The van der Waals surface area contributed by atoms with E-state index in [9.17, 15) is 4.39 Å². The maximum absolute atomic E-state index is 13.6. The van der Waals surface area contributed by atoms with Crippen LogP contribution in [-0.2, 0) is 6.61 Å². The van der Waals surface area contributed by atoms with E-state index in [0.717, 1.165) is 5.56 Å². The van der Waals surface area contributed by atoms with Crippen molar-refractivity contribution < 1.29 is 14.2 Å². The molecule has 18 heavy (non-hydrogen) atoms. The summed E-state index contributed by atoms with van der Waals surface area (Å²) in [5.41, 5.74) is 1.43. The molecule has 5 heteroatoms. The van der Waals surface area contributed by atoms with E-state index in [1.165, 1.54) is 18.3 Å². The first-order chi connectivity index (χ1) is 8.60. The molecule has 0 fully saturated rings. The quantitative estimate of drug-likeness (QED) is 0.942. The van der Waals surface area contributed by atoms with Crippen molar-refractivity contribution in [3.05, 3.63) is 51.9 Å². The van der Waals surface area contributed by atoms with Crippen LogP contribution in [0.4, 0.5) is 4.39 Å². The second-order valence-electron chi connectivity index (χ2n) is 3.80. The number of nitrogens with zero attached hydrogens (tertiary/aromatic N) is 1. The maximum Gasteiger partial charge on any atom is 0.222 e. The van der Waals surface area contributed by atoms with Crippen LogP contribution in [0.15, 0.2) is 34.9 Å². The number of aryl methyl sites for hydroxylation is 1. The second kappa shape index (κ2) is 5.46. The van der Waals surface area contributed by atoms with Crippen molar-refractivity contribution in [2.24, 2.45) is 0 Å². The van der Waals surface area contributed by atoms with E-state index in [4.69, 9.17) is 9.84 Å². The van der Waals surface area contributed by atoms with Crippen molar-refractivity contribution in [2.45, 2.75) is 13.5 Å². The number of pyridine rings is 1. The van der Waals surface area contributed by atoms with Crippen molar-refractivity contribution in [1.29, 1.82) is 0 Å². The largest absolute Gasteiger partial charge is 0.436 e. The topological polar surface area (TPSA) is 42.4 Å². The van der Waals surface area contributed by atoms with Gasteiger partial charge in [0.25, 0.3) is 0 Å². The molecule has 0 aliphatic rings. The number of hydrogen-bond acceptors (Lipinski definition) is 3. The Bertz CT molecular complexity index is 575. The van der Waals surface area contributed by atoms with Gasteiger partial charge in [0.15, 0.2) is 11.6 Å². The molecule has 1 N–H and O–H groups in total. The molecule has 3 nitrogen and oxygen atoms in total. The minimum atomic E-state index is -0.461. The van der Waals surface area contributed by atoms with Gasteiger partial charge in [0.05, 0.1) is 6.61 Å². The highest BCUT2D eigenvalue weighted by Gasteiger charge is 2.08. The molecule has 1 aromatic carbocycles. The summed E-state index contributed by atoms with van der Waals surface area (Å²) in [6.07, 6.45) is 1.50. The monoisotopic (exact) mass is 311 g/mol. The van der Waals surface area contributed by atoms with Gasteiger partial charge in [-0.3, -0.25) is 0 Å². The summed E-state index contributed by atoms with van der Waals surface area (Å²) < 4.78 is 19.6. The fourth-order valence-electron chi connectivity index (χ4n) is 1.48. The highest BCUT2D eigenvalue weighted by atomic mass is 79.9. The first kappa shape index (κ1) is 13.0. The fraction of sp³-hybridized carbons (Fsp3) is 0.154. The molecule has 0 atom stereocenters. The molecule has 0 amide bonds. The minimum Gasteiger partial charge on any atom is -0.436 e. The van der Waals surface area contributed by atoms with E-state index in [0.29, 0.717) is 15.9 Å². The Morgan fingerprint density at radius 3 is 2.78 bits per heavy atom. The second-order valence-corrected chi connectivity index (χ2v) is 4.72. The standard InChI is InChI=1S/C13H11BrFNO2/c1-8-4-9(7-17)6-16-13(8)18-12-3-2-10(14)5-11(12)15/h2-6,17H,7H2,1H3. The van der Waals surface area contributed by atoms with E-state index in [1.807, 2.05) is 0 Å². The van der Waals surface area contributed by atoms with Gasteiger partial charge in [-0.25, -0.2) is 9.37 Å². The summed E-state index contributed by atoms with van der Waals surface area (Å²) in [5, 5.41) is 8.97. The molecule has 0 unspecified atom stereocenters. The zero-order valence-electron chi connectivity index (χ0n) is 9.65. The number of aliphatic hydroxyl groups is 1. The van der Waals surface area contributed by atoms with Crippen molar-refractivity contribution in [1.82, 2.24) is 4.98 Å². The van der Waals surface area contributed by atoms with Crippen molar-refractivity contribution in [3.63, 3.8) is 0 Å². The predicted octanol–water partition coefficient (Wildman–Crippen LogP) is 3.58. The molecule has 0 spiro atoms. The molecular formula is C13H11BrFNO2. The van der Waals surface area contributed by atoms with E-state index in [-0.39, 0.29) is 12.4 Å². The van der Waals surface area contributed by atoms with Crippen LogP contribution in [0.1, 0.15) is 11.1 Å². The Morgan fingerprint density at radius 1 is 1.39 bits per heavy atom. The number of benzene rings is 1. The van der Waals surface area contributed by atoms with Gasteiger partial charge in [0.1, 0.15) is 0 Å². The molecule has 0 saturated carbocycles. The molecular weight excluding hydrogens is 301 g/mol. The van der Waals surface area contributed by atoms with E-state index >= 15 is 0 Å². The Morgan fingerprint density at radius 2 is 2.17 bits per heavy atom. The number of hydrogen-bond donors (Lipinski definition) is 1. The fourth-order valence-corrected chi connectivity index (χ4v) is 1.81. The molecule has 1 aromatic heterocycles. The first-order valence-corrected chi connectivity index (χ1v) is 6.08. The normalized spacial score (nSPS) is 10.4. The highest BCUT2D eigenvalue weighted by molar-refractivity contribution is 9.10. The molecule has 0 bridgehead atoms. The summed E-state index contributed by atoms with van der Waals surface area (Å²) >= 11 is 3.18. The number of aliphatic hydroxyl groups excluding tert-OH is 1. The van der Waals surface area contributed by atoms with Crippen LogP contribution in [-0.4, -0.2) is 10.1 Å². The molecule has 2 rings (SSSR count). The van der Waals surface area contributed by atoms with Crippen LogP contribution in [0.25, 0.3) is 0 Å². The van der Waals surface area contributed by atoms with Gasteiger partial charge < -0.3 is 9.84 Å². The lowest BCUT2D eigenvalue weighted by atomic mass is 10.2. The zero-order chi connectivity index (χ0) is 13.1. The van der Waals surface area contributed by atoms with Gasteiger partial charge in [-0.15, -0.1) is 0 Å². The lowest BCUT2D eigenvalue weighted by molar-refractivity contribution is 0.281. The molecule has 0 aliphatic heterocycles. The molecule has 0 saturated heterocycles. The van der Waals surface area contributed by atoms with Gasteiger partial charge in [-0.05, 0) is 36.8 Å². The number of halogens is 2. The summed E-state index contributed by atoms with van der Waals surface area (Å²) in [5.74, 6) is -0.0178. The zero-order valence-corrected chi connectivity index (χ0v) is 11.2. The van der Waals surface area contributed by atoms with Crippen LogP contribution in [0.3, 0.4) is 0 Å². The lowest BCUT2D eigenvalue weighted by Gasteiger charge is -2.09. The minimum absolute atomic E-state index is 0.0826. The van der Waals surface area contributed by atoms with Crippen molar-refractivity contribution in [2.75, 3.05) is 0 Å². The van der Waals surface area contributed by atoms with Gasteiger partial charge in [-0.1, -0.05) is 15.9 Å².